The number of methoxy groups -OCH3 is 2. The molecule has 27 heavy (non-hydrogen) atoms. The zero-order valence-corrected chi connectivity index (χ0v) is 15.8. The van der Waals surface area contributed by atoms with Gasteiger partial charge in [-0.1, -0.05) is 12.1 Å². The number of rotatable bonds is 5. The predicted molar refractivity (Wildman–Crippen MR) is 103 cm³/mol. The van der Waals surface area contributed by atoms with Gasteiger partial charge < -0.3 is 9.47 Å². The van der Waals surface area contributed by atoms with Gasteiger partial charge in [0.15, 0.2) is 5.82 Å². The van der Waals surface area contributed by atoms with Crippen molar-refractivity contribution in [3.05, 3.63) is 46.9 Å². The molecule has 4 aromatic rings. The lowest BCUT2D eigenvalue weighted by atomic mass is 10.2. The van der Waals surface area contributed by atoms with Gasteiger partial charge in [-0.15, -0.1) is 11.3 Å². The topological polar surface area (TPSA) is 91.2 Å². The van der Waals surface area contributed by atoms with E-state index in [0.29, 0.717) is 21.4 Å². The van der Waals surface area contributed by atoms with Crippen LogP contribution >= 0.6 is 11.3 Å². The number of nitrogens with zero attached hydrogens (tertiary/aromatic N) is 4. The molecule has 0 saturated heterocycles. The van der Waals surface area contributed by atoms with E-state index in [2.05, 4.69) is 20.4 Å². The van der Waals surface area contributed by atoms with Gasteiger partial charge in [0.25, 0.3) is 5.91 Å². The average molecular weight is 383 g/mol. The summed E-state index contributed by atoms with van der Waals surface area (Å²) >= 11 is 1.30. The van der Waals surface area contributed by atoms with E-state index in [1.165, 1.54) is 11.3 Å². The summed E-state index contributed by atoms with van der Waals surface area (Å²) in [5, 5.41) is 0.739. The number of para-hydroxylation sites is 2. The number of nitrogens with one attached hydrogen (secondary N) is 1. The number of benzene rings is 1. The number of hydrogen-bond donors (Lipinski definition) is 1. The molecule has 8 nitrogen and oxygen atoms in total. The van der Waals surface area contributed by atoms with Crippen LogP contribution in [0.25, 0.3) is 21.3 Å². The van der Waals surface area contributed by atoms with Gasteiger partial charge in [-0.2, -0.15) is 4.98 Å². The molecule has 9 heteroatoms. The number of hydrogen-bond acceptors (Lipinski definition) is 7. The number of fused-ring (bicyclic) bond motifs is 2. The van der Waals surface area contributed by atoms with Crippen molar-refractivity contribution in [3.8, 4) is 5.88 Å². The quantitative estimate of drug-likeness (QED) is 0.570. The van der Waals surface area contributed by atoms with E-state index in [1.54, 1.807) is 25.2 Å². The molecule has 0 atom stereocenters. The van der Waals surface area contributed by atoms with Crippen molar-refractivity contribution in [1.29, 1.82) is 0 Å². The molecule has 1 N–H and O–H groups in total. The van der Waals surface area contributed by atoms with E-state index in [0.717, 1.165) is 22.0 Å². The number of thiophene rings is 1. The highest BCUT2D eigenvalue weighted by Gasteiger charge is 2.21. The Bertz CT molecular complexity index is 1150. The first-order valence-corrected chi connectivity index (χ1v) is 9.00. The molecule has 0 saturated carbocycles. The summed E-state index contributed by atoms with van der Waals surface area (Å²) in [7, 11) is 3.13. The first-order valence-electron chi connectivity index (χ1n) is 8.18. The van der Waals surface area contributed by atoms with Crippen LogP contribution < -0.4 is 10.2 Å². The van der Waals surface area contributed by atoms with Gasteiger partial charge in [0.2, 0.25) is 5.88 Å². The van der Waals surface area contributed by atoms with Gasteiger partial charge in [0, 0.05) is 7.11 Å². The molecule has 4 rings (SSSR count). The fourth-order valence-electron chi connectivity index (χ4n) is 2.91. The molecular weight excluding hydrogens is 366 g/mol. The van der Waals surface area contributed by atoms with Crippen LogP contribution in [0.15, 0.2) is 30.6 Å². The van der Waals surface area contributed by atoms with E-state index in [1.807, 2.05) is 31.2 Å². The summed E-state index contributed by atoms with van der Waals surface area (Å²) in [6.07, 6.45) is 1.59. The van der Waals surface area contributed by atoms with E-state index in [-0.39, 0.29) is 12.5 Å². The Hall–Kier alpha value is -3.04. The molecule has 0 unspecified atom stereocenters. The highest BCUT2D eigenvalue weighted by molar-refractivity contribution is 7.20. The Balaban J connectivity index is 1.74. The van der Waals surface area contributed by atoms with Crippen LogP contribution in [0.4, 0.5) is 0 Å². The average Bonchev–Trinajstić information content (AvgIpc) is 3.23. The number of imidazole rings is 1. The first kappa shape index (κ1) is 17.4. The summed E-state index contributed by atoms with van der Waals surface area (Å²) in [6, 6.07) is 7.59. The molecule has 0 aliphatic carbocycles. The molecule has 0 aliphatic rings. The summed E-state index contributed by atoms with van der Waals surface area (Å²) in [4.78, 5) is 27.3. The summed E-state index contributed by atoms with van der Waals surface area (Å²) < 4.78 is 12.1. The lowest BCUT2D eigenvalue weighted by molar-refractivity contribution is 0.101. The van der Waals surface area contributed by atoms with Gasteiger partial charge in [-0.3, -0.25) is 10.2 Å². The predicted octanol–water partition coefficient (Wildman–Crippen LogP) is 2.89. The normalized spacial score (nSPS) is 11.2. The molecule has 3 aromatic heterocycles. The van der Waals surface area contributed by atoms with Crippen molar-refractivity contribution >= 4 is 38.5 Å². The second kappa shape index (κ2) is 6.93. The lowest BCUT2D eigenvalue weighted by Crippen LogP contribution is -2.21. The zero-order valence-electron chi connectivity index (χ0n) is 15.0. The summed E-state index contributed by atoms with van der Waals surface area (Å²) in [5.74, 6) is 0.706. The Labute approximate surface area is 158 Å². The largest absolute Gasteiger partial charge is 0.480 e. The van der Waals surface area contributed by atoms with Crippen LogP contribution in [0.3, 0.4) is 0 Å². The maximum absolute atomic E-state index is 12.9. The third-order valence-electron chi connectivity index (χ3n) is 4.15. The maximum Gasteiger partial charge on any atom is 0.280 e. The van der Waals surface area contributed by atoms with Gasteiger partial charge in [-0.05, 0) is 24.6 Å². The highest BCUT2D eigenvalue weighted by atomic mass is 32.1. The summed E-state index contributed by atoms with van der Waals surface area (Å²) in [5.41, 5.74) is 5.28. The van der Waals surface area contributed by atoms with Crippen LogP contribution in [-0.2, 0) is 11.3 Å². The Kier molecular flexibility index (Phi) is 4.46. The molecule has 0 spiro atoms. The molecular formula is C18H17N5O3S. The fourth-order valence-corrected chi connectivity index (χ4v) is 3.99. The van der Waals surface area contributed by atoms with E-state index in [4.69, 9.17) is 9.47 Å². The minimum Gasteiger partial charge on any atom is -0.480 e. The van der Waals surface area contributed by atoms with E-state index >= 15 is 0 Å². The molecule has 0 bridgehead atoms. The second-order valence-corrected chi connectivity index (χ2v) is 6.86. The van der Waals surface area contributed by atoms with E-state index in [9.17, 15) is 4.79 Å². The maximum atomic E-state index is 12.9. The second-order valence-electron chi connectivity index (χ2n) is 5.86. The zero-order chi connectivity index (χ0) is 19.0. The number of aryl methyl sites for hydroxylation is 1. The Morgan fingerprint density at radius 2 is 2.07 bits per heavy atom. The highest BCUT2D eigenvalue weighted by Crippen LogP contribution is 2.35. The van der Waals surface area contributed by atoms with Gasteiger partial charge in [0.1, 0.15) is 17.8 Å². The third-order valence-corrected chi connectivity index (χ3v) is 5.34. The number of carbonyl (C=O) groups excluding carboxylic acids is 1. The van der Waals surface area contributed by atoms with Gasteiger partial charge in [0.05, 0.1) is 28.4 Å². The van der Waals surface area contributed by atoms with E-state index < -0.39 is 0 Å². The van der Waals surface area contributed by atoms with Crippen LogP contribution in [0.5, 0.6) is 5.88 Å². The minimum absolute atomic E-state index is 0.242. The summed E-state index contributed by atoms with van der Waals surface area (Å²) in [6.45, 7) is 2.13. The Morgan fingerprint density at radius 3 is 2.85 bits per heavy atom. The van der Waals surface area contributed by atoms with Gasteiger partial charge in [-0.25, -0.2) is 14.6 Å². The number of aromatic nitrogens is 4. The lowest BCUT2D eigenvalue weighted by Gasteiger charge is -2.06. The van der Waals surface area contributed by atoms with Crippen LogP contribution in [-0.4, -0.2) is 39.8 Å². The third kappa shape index (κ3) is 3.00. The molecule has 1 amide bonds. The van der Waals surface area contributed by atoms with Crippen LogP contribution in [0.1, 0.15) is 21.1 Å². The smallest absolute Gasteiger partial charge is 0.280 e. The number of amides is 1. The van der Waals surface area contributed by atoms with Gasteiger partial charge >= 0.3 is 0 Å². The van der Waals surface area contributed by atoms with Crippen LogP contribution in [0.2, 0.25) is 0 Å². The van der Waals surface area contributed by atoms with Crippen molar-refractivity contribution in [1.82, 2.24) is 19.6 Å². The van der Waals surface area contributed by atoms with Crippen molar-refractivity contribution in [2.75, 3.05) is 19.6 Å². The molecule has 0 fully saturated rings. The fraction of sp³-hybridized carbons (Fsp3) is 0.222. The molecule has 3 heterocycles. The molecule has 138 valence electrons. The molecule has 0 aliphatic heterocycles. The first-order chi connectivity index (χ1) is 13.1. The van der Waals surface area contributed by atoms with Crippen molar-refractivity contribution in [2.24, 2.45) is 0 Å². The minimum atomic E-state index is -0.242. The van der Waals surface area contributed by atoms with Crippen molar-refractivity contribution in [3.63, 3.8) is 0 Å². The standard InChI is InChI=1S/C18H17N5O3S/c1-10-14-17(26-3)20-13(8-25-2)21-18(14)27-15(10)16(24)22-23-9-19-11-6-4-5-7-12(11)23/h4-7,9H,8H2,1-3H3,(H,22,24). The van der Waals surface area contributed by atoms with Crippen LogP contribution in [0, 0.1) is 6.92 Å². The SMILES string of the molecule is COCc1nc(OC)c2c(C)c(C(=O)Nn3cnc4ccccc43)sc2n1. The molecule has 0 radical (unpaired) electrons. The monoisotopic (exact) mass is 383 g/mol. The van der Waals surface area contributed by atoms with Crippen molar-refractivity contribution < 1.29 is 14.3 Å². The van der Waals surface area contributed by atoms with Crippen molar-refractivity contribution in [2.45, 2.75) is 13.5 Å². The number of ether oxygens (including phenoxy) is 2. The number of carbonyl (C=O) groups is 1. The Morgan fingerprint density at radius 1 is 1.26 bits per heavy atom. The molecule has 1 aromatic carbocycles.